The lowest BCUT2D eigenvalue weighted by molar-refractivity contribution is 0.0526. The second kappa shape index (κ2) is 10.9. The number of unbranched alkanes of at least 4 members (excludes halogenated alkanes) is 1. The molecule has 0 radical (unpaired) electrons. The summed E-state index contributed by atoms with van der Waals surface area (Å²) in [5.74, 6) is 0.0901. The van der Waals surface area contributed by atoms with Gasteiger partial charge in [-0.3, -0.25) is 9.67 Å². The van der Waals surface area contributed by atoms with E-state index in [1.165, 1.54) is 12.8 Å². The van der Waals surface area contributed by atoms with E-state index in [0.29, 0.717) is 24.5 Å². The number of allylic oxidation sites excluding steroid dienone is 1. The Bertz CT molecular complexity index is 964. The Balaban J connectivity index is 2.08. The third-order valence-corrected chi connectivity index (χ3v) is 6.03. The minimum absolute atomic E-state index is 0.0642. The number of hydrogen-bond donors (Lipinski definition) is 0. The highest BCUT2D eigenvalue weighted by Gasteiger charge is 2.28. The summed E-state index contributed by atoms with van der Waals surface area (Å²) in [6.45, 7) is 6.19. The Labute approximate surface area is 184 Å². The molecule has 0 aliphatic heterocycles. The quantitative estimate of drug-likeness (QED) is 0.473. The predicted molar refractivity (Wildman–Crippen MR) is 121 cm³/mol. The highest BCUT2D eigenvalue weighted by Crippen LogP contribution is 2.37. The van der Waals surface area contributed by atoms with Gasteiger partial charge in [-0.2, -0.15) is 10.4 Å². The van der Waals surface area contributed by atoms with E-state index in [2.05, 4.69) is 29.2 Å². The van der Waals surface area contributed by atoms with Gasteiger partial charge < -0.3 is 4.74 Å². The van der Waals surface area contributed by atoms with Gasteiger partial charge in [-0.25, -0.2) is 4.79 Å². The zero-order valence-corrected chi connectivity index (χ0v) is 18.8. The molecule has 1 fully saturated rings. The third kappa shape index (κ3) is 5.22. The summed E-state index contributed by atoms with van der Waals surface area (Å²) >= 11 is 0. The van der Waals surface area contributed by atoms with Crippen LogP contribution in [0.5, 0.6) is 0 Å². The maximum absolute atomic E-state index is 12.7. The first-order valence-electron chi connectivity index (χ1n) is 11.3. The maximum Gasteiger partial charge on any atom is 0.340 e. The second-order valence-electron chi connectivity index (χ2n) is 8.14. The van der Waals surface area contributed by atoms with E-state index in [9.17, 15) is 10.1 Å². The smallest absolute Gasteiger partial charge is 0.340 e. The number of carbonyl (C=O) groups excluding carboxylic acids is 1. The lowest BCUT2D eigenvalue weighted by atomic mass is 9.95. The number of rotatable bonds is 9. The van der Waals surface area contributed by atoms with E-state index >= 15 is 0 Å². The zero-order chi connectivity index (χ0) is 22.2. The van der Waals surface area contributed by atoms with Crippen molar-refractivity contribution < 1.29 is 9.53 Å². The number of ether oxygens (including phenoxy) is 1. The number of hydrogen-bond acceptors (Lipinski definition) is 5. The van der Waals surface area contributed by atoms with Crippen LogP contribution in [0.3, 0.4) is 0 Å². The van der Waals surface area contributed by atoms with Crippen LogP contribution in [-0.2, 0) is 4.74 Å². The van der Waals surface area contributed by atoms with Gasteiger partial charge in [-0.1, -0.05) is 38.3 Å². The minimum atomic E-state index is -0.382. The Morgan fingerprint density at radius 3 is 2.81 bits per heavy atom. The van der Waals surface area contributed by atoms with Gasteiger partial charge in [0.25, 0.3) is 0 Å². The molecule has 1 unspecified atom stereocenters. The van der Waals surface area contributed by atoms with Crippen molar-refractivity contribution >= 4 is 12.0 Å². The molecule has 2 aromatic rings. The zero-order valence-electron chi connectivity index (χ0n) is 18.8. The van der Waals surface area contributed by atoms with Crippen LogP contribution in [0.2, 0.25) is 0 Å². The van der Waals surface area contributed by atoms with Gasteiger partial charge in [0.1, 0.15) is 0 Å². The summed E-state index contributed by atoms with van der Waals surface area (Å²) in [4.78, 5) is 17.2. The maximum atomic E-state index is 12.7. The molecule has 3 rings (SSSR count). The topological polar surface area (TPSA) is 80.8 Å². The Hall–Kier alpha value is -2.94. The van der Waals surface area contributed by atoms with Gasteiger partial charge in [0.15, 0.2) is 0 Å². The highest BCUT2D eigenvalue weighted by molar-refractivity contribution is 5.99. The molecular weight excluding hydrogens is 388 g/mol. The average molecular weight is 421 g/mol. The lowest BCUT2D eigenvalue weighted by Crippen LogP contribution is -2.17. The molecule has 0 saturated heterocycles. The van der Waals surface area contributed by atoms with Crippen LogP contribution in [-0.4, -0.2) is 27.3 Å². The van der Waals surface area contributed by atoms with Gasteiger partial charge in [0.05, 0.1) is 36.9 Å². The monoisotopic (exact) mass is 420 g/mol. The first kappa shape index (κ1) is 22.7. The van der Waals surface area contributed by atoms with Gasteiger partial charge in [-0.05, 0) is 39.0 Å². The van der Waals surface area contributed by atoms with Crippen LogP contribution >= 0.6 is 0 Å². The van der Waals surface area contributed by atoms with Gasteiger partial charge in [0.2, 0.25) is 0 Å². The fraction of sp³-hybridized carbons (Fsp3) is 0.520. The summed E-state index contributed by atoms with van der Waals surface area (Å²) in [5.41, 5.74) is 3.86. The van der Waals surface area contributed by atoms with E-state index in [-0.39, 0.29) is 12.0 Å². The molecule has 164 valence electrons. The van der Waals surface area contributed by atoms with Crippen molar-refractivity contribution in [2.45, 2.75) is 71.8 Å². The number of nitriles is 1. The lowest BCUT2D eigenvalue weighted by Gasteiger charge is -2.21. The fourth-order valence-electron chi connectivity index (χ4n) is 4.43. The predicted octanol–water partition coefficient (Wildman–Crippen LogP) is 5.89. The molecule has 1 aliphatic rings. The second-order valence-corrected chi connectivity index (χ2v) is 8.14. The minimum Gasteiger partial charge on any atom is -0.462 e. The average Bonchev–Trinajstić information content (AvgIpc) is 3.46. The Morgan fingerprint density at radius 1 is 1.35 bits per heavy atom. The fourth-order valence-corrected chi connectivity index (χ4v) is 4.43. The van der Waals surface area contributed by atoms with Gasteiger partial charge in [0, 0.05) is 34.8 Å². The van der Waals surface area contributed by atoms with E-state index in [0.717, 1.165) is 48.1 Å². The van der Waals surface area contributed by atoms with Crippen LogP contribution in [0.25, 0.3) is 17.2 Å². The molecule has 6 heteroatoms. The molecule has 0 aromatic carbocycles. The first-order valence-corrected chi connectivity index (χ1v) is 11.3. The summed E-state index contributed by atoms with van der Waals surface area (Å²) in [6, 6.07) is 2.40. The van der Waals surface area contributed by atoms with E-state index in [1.54, 1.807) is 19.3 Å². The van der Waals surface area contributed by atoms with Gasteiger partial charge >= 0.3 is 5.97 Å². The van der Waals surface area contributed by atoms with Crippen LogP contribution in [0, 0.1) is 24.2 Å². The van der Waals surface area contributed by atoms with Crippen molar-refractivity contribution in [3.05, 3.63) is 41.5 Å². The summed E-state index contributed by atoms with van der Waals surface area (Å²) in [7, 11) is 0. The normalized spacial score (nSPS) is 15.3. The molecule has 6 nitrogen and oxygen atoms in total. The summed E-state index contributed by atoms with van der Waals surface area (Å²) in [5, 5.41) is 14.0. The van der Waals surface area contributed by atoms with E-state index in [1.807, 2.05) is 23.9 Å². The molecule has 1 saturated carbocycles. The van der Waals surface area contributed by atoms with Crippen molar-refractivity contribution in [1.82, 2.24) is 14.8 Å². The van der Waals surface area contributed by atoms with Crippen LogP contribution in [0.15, 0.2) is 24.7 Å². The van der Waals surface area contributed by atoms with Crippen LogP contribution in [0.1, 0.15) is 86.5 Å². The molecule has 0 amide bonds. The van der Waals surface area contributed by atoms with Crippen LogP contribution < -0.4 is 0 Å². The van der Waals surface area contributed by atoms with Crippen molar-refractivity contribution in [3.63, 3.8) is 0 Å². The molecule has 31 heavy (non-hydrogen) atoms. The van der Waals surface area contributed by atoms with E-state index < -0.39 is 0 Å². The van der Waals surface area contributed by atoms with Crippen molar-refractivity contribution in [3.8, 4) is 17.2 Å². The molecule has 1 atom stereocenters. The number of nitrogens with zero attached hydrogens (tertiary/aromatic N) is 4. The van der Waals surface area contributed by atoms with Gasteiger partial charge in [-0.15, -0.1) is 0 Å². The molecule has 2 heterocycles. The van der Waals surface area contributed by atoms with E-state index in [4.69, 9.17) is 4.74 Å². The van der Waals surface area contributed by atoms with Crippen molar-refractivity contribution in [2.75, 3.05) is 6.61 Å². The largest absolute Gasteiger partial charge is 0.462 e. The molecule has 0 bridgehead atoms. The van der Waals surface area contributed by atoms with Crippen molar-refractivity contribution in [2.24, 2.45) is 5.92 Å². The molecular formula is C25H32N4O2. The summed E-state index contributed by atoms with van der Waals surface area (Å²) < 4.78 is 7.24. The SMILES string of the molecule is CCC/C=C\c1c(C)ncc(C(=O)OCC)c1-c1cnn(C(CC#N)C2CCCC2)c1. The molecule has 0 N–H and O–H groups in total. The third-order valence-electron chi connectivity index (χ3n) is 6.03. The Morgan fingerprint density at radius 2 is 2.13 bits per heavy atom. The summed E-state index contributed by atoms with van der Waals surface area (Å²) in [6.07, 6.45) is 16.7. The Kier molecular flexibility index (Phi) is 8.00. The number of pyridine rings is 1. The van der Waals surface area contributed by atoms with Crippen molar-refractivity contribution in [1.29, 1.82) is 5.26 Å². The number of aromatic nitrogens is 3. The number of esters is 1. The molecule has 1 aliphatic carbocycles. The first-order chi connectivity index (χ1) is 15.1. The standard InChI is InChI=1S/C25H32N4O2/c1-4-6-7-12-21-18(3)27-16-22(25(30)31-5-2)24(21)20-15-28-29(17-20)23(13-14-26)19-10-8-9-11-19/h7,12,15-17,19,23H,4-6,8-11,13H2,1-3H3/b12-7-. The number of aryl methyl sites for hydroxylation is 1. The molecule has 2 aromatic heterocycles. The van der Waals surface area contributed by atoms with Crippen LogP contribution in [0.4, 0.5) is 0 Å². The molecule has 0 spiro atoms. The highest BCUT2D eigenvalue weighted by atomic mass is 16.5. The number of carbonyl (C=O) groups is 1.